The van der Waals surface area contributed by atoms with E-state index in [1.807, 2.05) is 24.3 Å². The zero-order chi connectivity index (χ0) is 13.0. The lowest BCUT2D eigenvalue weighted by Crippen LogP contribution is -2.20. The summed E-state index contributed by atoms with van der Waals surface area (Å²) in [5.74, 6) is 1.02. The topological polar surface area (TPSA) is 61.8 Å². The maximum absolute atomic E-state index is 8.60. The molecular weight excluding hydrogens is 226 g/mol. The quantitative estimate of drug-likeness (QED) is 0.370. The predicted molar refractivity (Wildman–Crippen MR) is 72.6 cm³/mol. The van der Waals surface area contributed by atoms with Crippen molar-refractivity contribution >= 4 is 5.84 Å². The fourth-order valence-electron chi connectivity index (χ4n) is 2.49. The summed E-state index contributed by atoms with van der Waals surface area (Å²) in [6.45, 7) is 5.66. The standard InChI is InChI=1S/C14H21N3O/c1-2-11-7-8-17(9-11)10-12-3-5-13(6-4-12)14(15)16-18/h3-6,11,18H,2,7-10H2,1H3,(H2,15,16). The molecule has 1 aromatic rings. The molecule has 18 heavy (non-hydrogen) atoms. The lowest BCUT2D eigenvalue weighted by atomic mass is 10.1. The molecule has 1 aliphatic heterocycles. The molecule has 0 aromatic heterocycles. The van der Waals surface area contributed by atoms with Gasteiger partial charge in [-0.2, -0.15) is 0 Å². The van der Waals surface area contributed by atoms with Gasteiger partial charge in [0.15, 0.2) is 5.84 Å². The second-order valence-corrected chi connectivity index (χ2v) is 4.98. The Morgan fingerprint density at radius 3 is 2.72 bits per heavy atom. The van der Waals surface area contributed by atoms with Crippen LogP contribution in [0, 0.1) is 5.92 Å². The third-order valence-corrected chi connectivity index (χ3v) is 3.71. The molecule has 1 fully saturated rings. The maximum Gasteiger partial charge on any atom is 0.170 e. The normalized spacial score (nSPS) is 21.4. The summed E-state index contributed by atoms with van der Waals surface area (Å²) in [6, 6.07) is 7.90. The molecule has 1 aromatic carbocycles. The molecule has 4 heteroatoms. The number of nitrogens with two attached hydrogens (primary N) is 1. The van der Waals surface area contributed by atoms with Gasteiger partial charge in [0.2, 0.25) is 0 Å². The fraction of sp³-hybridized carbons (Fsp3) is 0.500. The van der Waals surface area contributed by atoms with Crippen molar-refractivity contribution in [1.82, 2.24) is 4.90 Å². The Hall–Kier alpha value is -1.55. The zero-order valence-corrected chi connectivity index (χ0v) is 10.8. The van der Waals surface area contributed by atoms with Crippen LogP contribution in [0.5, 0.6) is 0 Å². The minimum atomic E-state index is 0.161. The van der Waals surface area contributed by atoms with Crippen LogP contribution >= 0.6 is 0 Å². The highest BCUT2D eigenvalue weighted by atomic mass is 16.4. The van der Waals surface area contributed by atoms with Crippen LogP contribution in [0.15, 0.2) is 29.4 Å². The monoisotopic (exact) mass is 247 g/mol. The fourth-order valence-corrected chi connectivity index (χ4v) is 2.49. The van der Waals surface area contributed by atoms with Gasteiger partial charge in [-0.15, -0.1) is 0 Å². The Balaban J connectivity index is 1.95. The Bertz CT molecular complexity index is 414. The van der Waals surface area contributed by atoms with E-state index in [4.69, 9.17) is 10.9 Å². The molecule has 0 spiro atoms. The van der Waals surface area contributed by atoms with Crippen molar-refractivity contribution in [3.63, 3.8) is 0 Å². The summed E-state index contributed by atoms with van der Waals surface area (Å²) >= 11 is 0. The largest absolute Gasteiger partial charge is 0.409 e. The van der Waals surface area contributed by atoms with E-state index < -0.39 is 0 Å². The molecule has 1 atom stereocenters. The van der Waals surface area contributed by atoms with Gasteiger partial charge >= 0.3 is 0 Å². The SMILES string of the molecule is CCC1CCN(Cc2ccc(/C(N)=N/O)cc2)C1. The highest BCUT2D eigenvalue weighted by Gasteiger charge is 2.20. The number of rotatable bonds is 4. The molecule has 1 saturated heterocycles. The van der Waals surface area contributed by atoms with Crippen LogP contribution < -0.4 is 5.73 Å². The molecule has 1 aliphatic rings. The number of benzene rings is 1. The molecule has 0 aliphatic carbocycles. The molecule has 0 amide bonds. The Morgan fingerprint density at radius 2 is 2.17 bits per heavy atom. The lowest BCUT2D eigenvalue weighted by molar-refractivity contribution is 0.315. The minimum Gasteiger partial charge on any atom is -0.409 e. The van der Waals surface area contributed by atoms with Crippen LogP contribution in [0.4, 0.5) is 0 Å². The molecule has 1 heterocycles. The van der Waals surface area contributed by atoms with E-state index in [9.17, 15) is 0 Å². The first-order chi connectivity index (χ1) is 8.72. The van der Waals surface area contributed by atoms with Gasteiger partial charge < -0.3 is 10.9 Å². The number of hydrogen-bond acceptors (Lipinski definition) is 3. The van der Waals surface area contributed by atoms with Gasteiger partial charge in [-0.1, -0.05) is 42.8 Å². The molecule has 4 nitrogen and oxygen atoms in total. The molecule has 0 bridgehead atoms. The third kappa shape index (κ3) is 3.01. The summed E-state index contributed by atoms with van der Waals surface area (Å²) in [5, 5.41) is 11.6. The first kappa shape index (κ1) is 12.9. The highest BCUT2D eigenvalue weighted by Crippen LogP contribution is 2.21. The van der Waals surface area contributed by atoms with Crippen LogP contribution in [-0.4, -0.2) is 29.0 Å². The predicted octanol–water partition coefficient (Wildman–Crippen LogP) is 2.01. The van der Waals surface area contributed by atoms with Gasteiger partial charge in [0.25, 0.3) is 0 Å². The van der Waals surface area contributed by atoms with E-state index in [1.165, 1.54) is 31.5 Å². The molecule has 3 N–H and O–H groups in total. The molecule has 2 rings (SSSR count). The Labute approximate surface area is 108 Å². The van der Waals surface area contributed by atoms with Crippen molar-refractivity contribution in [3.8, 4) is 0 Å². The van der Waals surface area contributed by atoms with Gasteiger partial charge in [-0.25, -0.2) is 0 Å². The summed E-state index contributed by atoms with van der Waals surface area (Å²) < 4.78 is 0. The van der Waals surface area contributed by atoms with Crippen molar-refractivity contribution in [1.29, 1.82) is 0 Å². The average molecular weight is 247 g/mol. The van der Waals surface area contributed by atoms with E-state index in [0.717, 1.165) is 18.0 Å². The third-order valence-electron chi connectivity index (χ3n) is 3.71. The van der Waals surface area contributed by atoms with Gasteiger partial charge in [0, 0.05) is 18.7 Å². The first-order valence-electron chi connectivity index (χ1n) is 6.52. The van der Waals surface area contributed by atoms with Crippen molar-refractivity contribution in [2.75, 3.05) is 13.1 Å². The number of oxime groups is 1. The van der Waals surface area contributed by atoms with E-state index in [2.05, 4.69) is 17.0 Å². The first-order valence-corrected chi connectivity index (χ1v) is 6.52. The average Bonchev–Trinajstić information content (AvgIpc) is 2.86. The molecular formula is C14H21N3O. The van der Waals surface area contributed by atoms with Gasteiger partial charge in [-0.3, -0.25) is 4.90 Å². The number of likely N-dealkylation sites (tertiary alicyclic amines) is 1. The van der Waals surface area contributed by atoms with E-state index in [0.29, 0.717) is 0 Å². The van der Waals surface area contributed by atoms with E-state index >= 15 is 0 Å². The smallest absolute Gasteiger partial charge is 0.170 e. The van der Waals surface area contributed by atoms with Crippen molar-refractivity contribution in [2.45, 2.75) is 26.3 Å². The second-order valence-electron chi connectivity index (χ2n) is 4.98. The summed E-state index contributed by atoms with van der Waals surface area (Å²) in [7, 11) is 0. The summed E-state index contributed by atoms with van der Waals surface area (Å²) in [6.07, 6.45) is 2.59. The maximum atomic E-state index is 8.60. The van der Waals surface area contributed by atoms with Crippen LogP contribution in [0.2, 0.25) is 0 Å². The van der Waals surface area contributed by atoms with Crippen molar-refractivity contribution < 1.29 is 5.21 Å². The molecule has 0 saturated carbocycles. The zero-order valence-electron chi connectivity index (χ0n) is 10.8. The highest BCUT2D eigenvalue weighted by molar-refractivity contribution is 5.96. The molecule has 0 radical (unpaired) electrons. The number of hydrogen-bond donors (Lipinski definition) is 2. The van der Waals surface area contributed by atoms with Crippen LogP contribution in [0.1, 0.15) is 30.9 Å². The summed E-state index contributed by atoms with van der Waals surface area (Å²) in [5.41, 5.74) is 7.57. The van der Waals surface area contributed by atoms with Crippen LogP contribution in [0.25, 0.3) is 0 Å². The number of nitrogens with zero attached hydrogens (tertiary/aromatic N) is 2. The van der Waals surface area contributed by atoms with E-state index in [-0.39, 0.29) is 5.84 Å². The van der Waals surface area contributed by atoms with Gasteiger partial charge in [0.1, 0.15) is 0 Å². The number of amidine groups is 1. The van der Waals surface area contributed by atoms with Crippen molar-refractivity contribution in [3.05, 3.63) is 35.4 Å². The lowest BCUT2D eigenvalue weighted by Gasteiger charge is -2.15. The van der Waals surface area contributed by atoms with Crippen LogP contribution in [-0.2, 0) is 6.54 Å². The van der Waals surface area contributed by atoms with Gasteiger partial charge in [0.05, 0.1) is 0 Å². The van der Waals surface area contributed by atoms with Gasteiger partial charge in [-0.05, 0) is 24.4 Å². The summed E-state index contributed by atoms with van der Waals surface area (Å²) in [4.78, 5) is 2.49. The second kappa shape index (κ2) is 5.87. The van der Waals surface area contributed by atoms with E-state index in [1.54, 1.807) is 0 Å². The minimum absolute atomic E-state index is 0.161. The Morgan fingerprint density at radius 1 is 1.44 bits per heavy atom. The molecule has 1 unspecified atom stereocenters. The van der Waals surface area contributed by atoms with Crippen LogP contribution in [0.3, 0.4) is 0 Å². The van der Waals surface area contributed by atoms with Crippen molar-refractivity contribution in [2.24, 2.45) is 16.8 Å². The Kier molecular flexibility index (Phi) is 4.20. The molecule has 98 valence electrons.